The molecule has 2 aromatic rings. The van der Waals surface area contributed by atoms with Gasteiger partial charge in [0, 0.05) is 35.0 Å². The van der Waals surface area contributed by atoms with E-state index in [4.69, 9.17) is 0 Å². The number of nitrogens with zero attached hydrogens (tertiary/aromatic N) is 2. The number of halogens is 1. The Morgan fingerprint density at radius 2 is 2.15 bits per heavy atom. The van der Waals surface area contributed by atoms with Crippen LogP contribution in [0.15, 0.2) is 47.7 Å². The molecule has 20 heavy (non-hydrogen) atoms. The third-order valence-corrected chi connectivity index (χ3v) is 3.68. The SMILES string of the molecule is C=Cn1cc(CN[C@H](C)[C@H](O)c2ccc(Br)cc2)cn1. The van der Waals surface area contributed by atoms with E-state index >= 15 is 0 Å². The predicted octanol–water partition coefficient (Wildman–Crippen LogP) is 2.96. The highest BCUT2D eigenvalue weighted by Crippen LogP contribution is 2.19. The van der Waals surface area contributed by atoms with Crippen LogP contribution in [0, 0.1) is 0 Å². The monoisotopic (exact) mass is 335 g/mol. The predicted molar refractivity (Wildman–Crippen MR) is 84.0 cm³/mol. The summed E-state index contributed by atoms with van der Waals surface area (Å²) in [6.07, 6.45) is 4.79. The molecule has 0 bridgehead atoms. The number of aliphatic hydroxyl groups excluding tert-OH is 1. The van der Waals surface area contributed by atoms with Crippen LogP contribution in [0.3, 0.4) is 0 Å². The van der Waals surface area contributed by atoms with Gasteiger partial charge in [0.1, 0.15) is 0 Å². The first-order chi connectivity index (χ1) is 9.60. The Kier molecular flexibility index (Phi) is 5.11. The van der Waals surface area contributed by atoms with Gasteiger partial charge in [-0.05, 0) is 24.6 Å². The topological polar surface area (TPSA) is 50.1 Å². The van der Waals surface area contributed by atoms with Gasteiger partial charge < -0.3 is 10.4 Å². The third kappa shape index (κ3) is 3.79. The molecule has 2 rings (SSSR count). The van der Waals surface area contributed by atoms with Crippen molar-refractivity contribution in [3.63, 3.8) is 0 Å². The van der Waals surface area contributed by atoms with E-state index in [9.17, 15) is 5.11 Å². The molecule has 1 aromatic heterocycles. The van der Waals surface area contributed by atoms with E-state index in [0.717, 1.165) is 15.6 Å². The molecule has 2 atom stereocenters. The fourth-order valence-corrected chi connectivity index (χ4v) is 2.17. The Labute approximate surface area is 127 Å². The molecule has 2 N–H and O–H groups in total. The standard InChI is InChI=1S/C15H18BrN3O/c1-3-19-10-12(9-18-19)8-17-11(2)15(20)13-4-6-14(16)7-5-13/h3-7,9-11,15,17,20H,1,8H2,2H3/t11-,15+/m1/s1. The van der Waals surface area contributed by atoms with Crippen molar-refractivity contribution < 1.29 is 5.11 Å². The van der Waals surface area contributed by atoms with Crippen LogP contribution < -0.4 is 5.32 Å². The average molecular weight is 336 g/mol. The summed E-state index contributed by atoms with van der Waals surface area (Å²) in [5.41, 5.74) is 1.95. The van der Waals surface area contributed by atoms with Gasteiger partial charge in [-0.15, -0.1) is 0 Å². The highest BCUT2D eigenvalue weighted by atomic mass is 79.9. The first kappa shape index (κ1) is 15.0. The van der Waals surface area contributed by atoms with Gasteiger partial charge in [-0.2, -0.15) is 5.10 Å². The van der Waals surface area contributed by atoms with Crippen molar-refractivity contribution in [1.82, 2.24) is 15.1 Å². The summed E-state index contributed by atoms with van der Waals surface area (Å²) < 4.78 is 2.67. The van der Waals surface area contributed by atoms with Crippen molar-refractivity contribution in [2.24, 2.45) is 0 Å². The molecule has 0 aliphatic rings. The van der Waals surface area contributed by atoms with E-state index in [0.29, 0.717) is 6.54 Å². The highest BCUT2D eigenvalue weighted by molar-refractivity contribution is 9.10. The van der Waals surface area contributed by atoms with Gasteiger partial charge in [-0.3, -0.25) is 0 Å². The maximum atomic E-state index is 10.3. The highest BCUT2D eigenvalue weighted by Gasteiger charge is 2.15. The number of nitrogens with one attached hydrogen (secondary N) is 1. The zero-order valence-corrected chi connectivity index (χ0v) is 12.9. The number of aromatic nitrogens is 2. The first-order valence-corrected chi connectivity index (χ1v) is 7.22. The number of hydrogen-bond acceptors (Lipinski definition) is 3. The van der Waals surface area contributed by atoms with Crippen LogP contribution >= 0.6 is 15.9 Å². The second-order valence-corrected chi connectivity index (χ2v) is 5.59. The second kappa shape index (κ2) is 6.83. The molecule has 0 aliphatic heterocycles. The number of aliphatic hydroxyl groups is 1. The van der Waals surface area contributed by atoms with Crippen molar-refractivity contribution >= 4 is 22.1 Å². The van der Waals surface area contributed by atoms with Crippen molar-refractivity contribution in [2.75, 3.05) is 0 Å². The van der Waals surface area contributed by atoms with Crippen molar-refractivity contribution in [2.45, 2.75) is 25.6 Å². The van der Waals surface area contributed by atoms with Gasteiger partial charge in [0.05, 0.1) is 12.3 Å². The zero-order chi connectivity index (χ0) is 14.5. The van der Waals surface area contributed by atoms with Crippen LogP contribution in [0.25, 0.3) is 6.20 Å². The van der Waals surface area contributed by atoms with Crippen LogP contribution in [0.2, 0.25) is 0 Å². The Morgan fingerprint density at radius 1 is 1.45 bits per heavy atom. The fraction of sp³-hybridized carbons (Fsp3) is 0.267. The van der Waals surface area contributed by atoms with Crippen molar-refractivity contribution in [3.8, 4) is 0 Å². The van der Waals surface area contributed by atoms with Crippen LogP contribution in [-0.2, 0) is 6.54 Å². The molecule has 0 saturated heterocycles. The lowest BCUT2D eigenvalue weighted by atomic mass is 10.0. The fourth-order valence-electron chi connectivity index (χ4n) is 1.91. The van der Waals surface area contributed by atoms with E-state index in [1.165, 1.54) is 0 Å². The average Bonchev–Trinajstić information content (AvgIpc) is 2.93. The van der Waals surface area contributed by atoms with Gasteiger partial charge in [0.25, 0.3) is 0 Å². The van der Waals surface area contributed by atoms with Crippen LogP contribution in [0.5, 0.6) is 0 Å². The zero-order valence-electron chi connectivity index (χ0n) is 11.3. The van der Waals surface area contributed by atoms with Gasteiger partial charge >= 0.3 is 0 Å². The number of rotatable bonds is 6. The Balaban J connectivity index is 1.92. The van der Waals surface area contributed by atoms with E-state index in [2.05, 4.69) is 32.9 Å². The molecule has 106 valence electrons. The molecule has 0 saturated carbocycles. The minimum absolute atomic E-state index is 0.0525. The third-order valence-electron chi connectivity index (χ3n) is 3.16. The lowest BCUT2D eigenvalue weighted by Crippen LogP contribution is -2.31. The van der Waals surface area contributed by atoms with E-state index in [1.54, 1.807) is 17.1 Å². The smallest absolute Gasteiger partial charge is 0.0940 e. The summed E-state index contributed by atoms with van der Waals surface area (Å²) in [4.78, 5) is 0. The minimum Gasteiger partial charge on any atom is -0.387 e. The molecule has 4 nitrogen and oxygen atoms in total. The van der Waals surface area contributed by atoms with Crippen LogP contribution in [0.1, 0.15) is 24.2 Å². The van der Waals surface area contributed by atoms with Crippen molar-refractivity contribution in [3.05, 3.63) is 58.8 Å². The molecular formula is C15H18BrN3O. The maximum Gasteiger partial charge on any atom is 0.0940 e. The molecule has 1 heterocycles. The van der Waals surface area contributed by atoms with Gasteiger partial charge in [0.15, 0.2) is 0 Å². The Morgan fingerprint density at radius 3 is 2.75 bits per heavy atom. The number of hydrogen-bond donors (Lipinski definition) is 2. The first-order valence-electron chi connectivity index (χ1n) is 6.42. The second-order valence-electron chi connectivity index (χ2n) is 4.68. The molecule has 0 radical (unpaired) electrons. The van der Waals surface area contributed by atoms with Crippen LogP contribution in [0.4, 0.5) is 0 Å². The summed E-state index contributed by atoms with van der Waals surface area (Å²) >= 11 is 3.39. The molecule has 0 spiro atoms. The molecule has 1 aromatic carbocycles. The van der Waals surface area contributed by atoms with Gasteiger partial charge in [-0.1, -0.05) is 34.6 Å². The summed E-state index contributed by atoms with van der Waals surface area (Å²) in [7, 11) is 0. The van der Waals surface area contributed by atoms with Crippen LogP contribution in [-0.4, -0.2) is 20.9 Å². The molecule has 0 amide bonds. The largest absolute Gasteiger partial charge is 0.387 e. The van der Waals surface area contributed by atoms with E-state index in [1.807, 2.05) is 37.4 Å². The quantitative estimate of drug-likeness (QED) is 0.853. The summed E-state index contributed by atoms with van der Waals surface area (Å²) in [6.45, 7) is 6.27. The Hall–Kier alpha value is -1.43. The lowest BCUT2D eigenvalue weighted by Gasteiger charge is -2.20. The van der Waals surface area contributed by atoms with Gasteiger partial charge in [-0.25, -0.2) is 4.68 Å². The minimum atomic E-state index is -0.544. The molecular weight excluding hydrogens is 318 g/mol. The summed E-state index contributed by atoms with van der Waals surface area (Å²) in [5.74, 6) is 0. The van der Waals surface area contributed by atoms with Gasteiger partial charge in [0.2, 0.25) is 0 Å². The number of benzene rings is 1. The summed E-state index contributed by atoms with van der Waals surface area (Å²) in [6, 6.07) is 7.65. The van der Waals surface area contributed by atoms with E-state index in [-0.39, 0.29) is 6.04 Å². The lowest BCUT2D eigenvalue weighted by molar-refractivity contribution is 0.135. The maximum absolute atomic E-state index is 10.3. The molecule has 0 aliphatic carbocycles. The van der Waals surface area contributed by atoms with E-state index < -0.39 is 6.10 Å². The molecule has 0 unspecified atom stereocenters. The summed E-state index contributed by atoms with van der Waals surface area (Å²) in [5, 5.41) is 17.7. The normalized spacial score (nSPS) is 13.9. The Bertz CT molecular complexity index is 565. The molecule has 0 fully saturated rings. The molecule has 5 heteroatoms. The van der Waals surface area contributed by atoms with Crippen molar-refractivity contribution in [1.29, 1.82) is 0 Å².